The number of nitrogens with zero attached hydrogens (tertiary/aromatic N) is 5. The van der Waals surface area contributed by atoms with Crippen molar-refractivity contribution in [2.24, 2.45) is 0 Å². The molecule has 0 amide bonds. The lowest BCUT2D eigenvalue weighted by atomic mass is 10.4. The van der Waals surface area contributed by atoms with Gasteiger partial charge in [0, 0.05) is 13.1 Å². The average Bonchev–Trinajstić information content (AvgIpc) is 3.03. The van der Waals surface area contributed by atoms with Crippen LogP contribution in [-0.2, 0) is 23.1 Å². The fraction of sp³-hybridized carbons (Fsp3) is 0.400. The maximum Gasteiger partial charge on any atom is 0.357 e. The molecule has 0 atom stereocenters. The van der Waals surface area contributed by atoms with Gasteiger partial charge >= 0.3 is 5.97 Å². The zero-order chi connectivity index (χ0) is 15.2. The molecule has 0 fully saturated rings. The average molecular weight is 312 g/mol. The largest absolute Gasteiger partial charge is 0.476 e. The third kappa shape index (κ3) is 2.10. The number of hydrogen-bond acceptors (Lipinski definition) is 6. The molecule has 0 spiro atoms. The van der Waals surface area contributed by atoms with Crippen LogP contribution in [0.25, 0.3) is 0 Å². The second-order valence-corrected chi connectivity index (χ2v) is 6.49. The maximum atomic E-state index is 12.7. The van der Waals surface area contributed by atoms with E-state index in [0.29, 0.717) is 12.4 Å². The van der Waals surface area contributed by atoms with Gasteiger partial charge in [0.15, 0.2) is 5.69 Å². The first kappa shape index (κ1) is 13.7. The van der Waals surface area contributed by atoms with Gasteiger partial charge in [-0.2, -0.15) is 9.40 Å². The third-order valence-electron chi connectivity index (χ3n) is 3.30. The van der Waals surface area contributed by atoms with Crippen molar-refractivity contribution in [3.8, 4) is 0 Å². The summed E-state index contributed by atoms with van der Waals surface area (Å²) in [6.07, 6.45) is 1.53. The number of aromatic carboxylic acids is 1. The third-order valence-corrected chi connectivity index (χ3v) is 5.30. The summed E-state index contributed by atoms with van der Waals surface area (Å²) in [5.41, 5.74) is -0.306. The lowest BCUT2D eigenvalue weighted by Crippen LogP contribution is -2.38. The minimum Gasteiger partial charge on any atom is -0.476 e. The summed E-state index contributed by atoms with van der Waals surface area (Å²) in [6.45, 7) is 2.16. The van der Waals surface area contributed by atoms with Crippen LogP contribution in [0.5, 0.6) is 0 Å². The van der Waals surface area contributed by atoms with Gasteiger partial charge in [-0.1, -0.05) is 0 Å². The second-order valence-electron chi connectivity index (χ2n) is 4.61. The number of nitrogens with one attached hydrogen (secondary N) is 1. The minimum absolute atomic E-state index is 0.0476. The lowest BCUT2D eigenvalue weighted by Gasteiger charge is -2.26. The van der Waals surface area contributed by atoms with Crippen LogP contribution in [0.4, 0.5) is 0 Å². The highest BCUT2D eigenvalue weighted by Crippen LogP contribution is 2.25. The number of rotatable bonds is 3. The van der Waals surface area contributed by atoms with E-state index in [1.54, 1.807) is 4.57 Å². The van der Waals surface area contributed by atoms with E-state index < -0.39 is 21.7 Å². The van der Waals surface area contributed by atoms with Gasteiger partial charge in [-0.3, -0.25) is 5.10 Å². The van der Waals surface area contributed by atoms with Crippen LogP contribution < -0.4 is 0 Å². The Morgan fingerprint density at radius 1 is 1.43 bits per heavy atom. The highest BCUT2D eigenvalue weighted by Gasteiger charge is 2.35. The summed E-state index contributed by atoms with van der Waals surface area (Å²) in [5, 5.41) is 22.6. The van der Waals surface area contributed by atoms with Gasteiger partial charge in [0.25, 0.3) is 0 Å². The number of H-pyrrole nitrogens is 1. The molecule has 2 N–H and O–H groups in total. The molecule has 3 rings (SSSR count). The Balaban J connectivity index is 2.03. The van der Waals surface area contributed by atoms with Crippen LogP contribution in [0.1, 0.15) is 22.0 Å². The molecule has 10 nitrogen and oxygen atoms in total. The molecule has 11 heteroatoms. The summed E-state index contributed by atoms with van der Waals surface area (Å²) in [4.78, 5) is 10.8. The fourth-order valence-electron chi connectivity index (χ4n) is 2.26. The first-order valence-electron chi connectivity index (χ1n) is 6.06. The quantitative estimate of drug-likeness (QED) is 0.758. The van der Waals surface area contributed by atoms with Crippen LogP contribution in [0.2, 0.25) is 0 Å². The number of hydrogen-bond donors (Lipinski definition) is 2. The first-order chi connectivity index (χ1) is 9.91. The highest BCUT2D eigenvalue weighted by molar-refractivity contribution is 7.89. The SMILES string of the molecule is Cc1[nH]nc(C(=O)O)c1S(=O)(=O)N1CCn2cnnc2C1. The topological polar surface area (TPSA) is 134 Å². The van der Waals surface area contributed by atoms with Crippen molar-refractivity contribution < 1.29 is 18.3 Å². The summed E-state index contributed by atoms with van der Waals surface area (Å²) in [6, 6.07) is 0. The molecule has 0 aliphatic carbocycles. The van der Waals surface area contributed by atoms with E-state index in [2.05, 4.69) is 20.4 Å². The lowest BCUT2D eigenvalue weighted by molar-refractivity contribution is 0.0686. The van der Waals surface area contributed by atoms with Crippen molar-refractivity contribution in [2.45, 2.75) is 24.9 Å². The summed E-state index contributed by atoms with van der Waals surface area (Å²) in [5.74, 6) is -0.874. The molecule has 1 aliphatic heterocycles. The predicted molar refractivity (Wildman–Crippen MR) is 67.9 cm³/mol. The summed E-state index contributed by atoms with van der Waals surface area (Å²) >= 11 is 0. The zero-order valence-corrected chi connectivity index (χ0v) is 11.8. The number of aryl methyl sites for hydroxylation is 1. The number of carboxylic acids is 1. The fourth-order valence-corrected chi connectivity index (χ4v) is 3.93. The van der Waals surface area contributed by atoms with E-state index in [1.165, 1.54) is 17.6 Å². The number of fused-ring (bicyclic) bond motifs is 1. The summed E-state index contributed by atoms with van der Waals surface area (Å²) in [7, 11) is -3.97. The maximum absolute atomic E-state index is 12.7. The van der Waals surface area contributed by atoms with Crippen molar-refractivity contribution in [1.29, 1.82) is 0 Å². The molecule has 0 saturated heterocycles. The molecule has 2 aromatic heterocycles. The van der Waals surface area contributed by atoms with Gasteiger partial charge in [-0.25, -0.2) is 13.2 Å². The molecule has 1 aliphatic rings. The highest BCUT2D eigenvalue weighted by atomic mass is 32.2. The molecule has 21 heavy (non-hydrogen) atoms. The normalized spacial score (nSPS) is 15.9. The molecule has 0 bridgehead atoms. The van der Waals surface area contributed by atoms with Crippen molar-refractivity contribution in [2.75, 3.05) is 6.54 Å². The Bertz CT molecular complexity index is 807. The van der Waals surface area contributed by atoms with Crippen molar-refractivity contribution in [1.82, 2.24) is 29.3 Å². The van der Waals surface area contributed by atoms with Crippen LogP contribution in [0, 0.1) is 6.92 Å². The Morgan fingerprint density at radius 2 is 2.19 bits per heavy atom. The standard InChI is InChI=1S/C10H12N6O4S/c1-6-9(8(10(17)18)14-12-6)21(19,20)16-3-2-15-5-11-13-7(15)4-16/h5H,2-4H2,1H3,(H,12,14)(H,17,18). The number of aromatic nitrogens is 5. The first-order valence-corrected chi connectivity index (χ1v) is 7.50. The van der Waals surface area contributed by atoms with E-state index in [-0.39, 0.29) is 23.7 Å². The molecule has 0 unspecified atom stereocenters. The van der Waals surface area contributed by atoms with Crippen LogP contribution in [-0.4, -0.2) is 55.3 Å². The van der Waals surface area contributed by atoms with Crippen molar-refractivity contribution in [3.05, 3.63) is 23.5 Å². The smallest absolute Gasteiger partial charge is 0.357 e. The van der Waals surface area contributed by atoms with Gasteiger partial charge in [-0.05, 0) is 6.92 Å². The predicted octanol–water partition coefficient (Wildman–Crippen LogP) is -0.788. The van der Waals surface area contributed by atoms with Gasteiger partial charge in [0.1, 0.15) is 17.0 Å². The monoisotopic (exact) mass is 312 g/mol. The van der Waals surface area contributed by atoms with E-state index in [9.17, 15) is 13.2 Å². The Kier molecular flexibility index (Phi) is 3.02. The van der Waals surface area contributed by atoms with E-state index in [4.69, 9.17) is 5.11 Å². The molecule has 0 saturated carbocycles. The minimum atomic E-state index is -3.97. The number of aromatic amines is 1. The van der Waals surface area contributed by atoms with Gasteiger partial charge in [0.2, 0.25) is 10.0 Å². The number of carboxylic acid groups (broad SMARTS) is 1. The molecule has 3 heterocycles. The van der Waals surface area contributed by atoms with E-state index >= 15 is 0 Å². The van der Waals surface area contributed by atoms with E-state index in [1.807, 2.05) is 0 Å². The van der Waals surface area contributed by atoms with Crippen molar-refractivity contribution in [3.63, 3.8) is 0 Å². The van der Waals surface area contributed by atoms with E-state index in [0.717, 1.165) is 0 Å². The van der Waals surface area contributed by atoms with Crippen molar-refractivity contribution >= 4 is 16.0 Å². The zero-order valence-electron chi connectivity index (χ0n) is 11.0. The Morgan fingerprint density at radius 3 is 2.90 bits per heavy atom. The molecular formula is C10H12N6O4S. The second kappa shape index (κ2) is 4.63. The number of carbonyl (C=O) groups is 1. The van der Waals surface area contributed by atoms with Crippen LogP contribution in [0.15, 0.2) is 11.2 Å². The molecular weight excluding hydrogens is 300 g/mol. The molecule has 2 aromatic rings. The Labute approximate surface area is 119 Å². The Hall–Kier alpha value is -2.27. The molecule has 0 radical (unpaired) electrons. The van der Waals surface area contributed by atoms with Crippen LogP contribution in [0.3, 0.4) is 0 Å². The molecule has 112 valence electrons. The number of sulfonamides is 1. The molecule has 0 aromatic carbocycles. The van der Waals surface area contributed by atoms with Crippen LogP contribution >= 0.6 is 0 Å². The van der Waals surface area contributed by atoms with Gasteiger partial charge < -0.3 is 9.67 Å². The van der Waals surface area contributed by atoms with Gasteiger partial charge in [-0.15, -0.1) is 10.2 Å². The van der Waals surface area contributed by atoms with Gasteiger partial charge in [0.05, 0.1) is 12.2 Å². The summed E-state index contributed by atoms with van der Waals surface area (Å²) < 4.78 is 28.3.